The summed E-state index contributed by atoms with van der Waals surface area (Å²) in [5.41, 5.74) is -0.427. The van der Waals surface area contributed by atoms with Crippen molar-refractivity contribution in [2.24, 2.45) is 5.92 Å². The van der Waals surface area contributed by atoms with E-state index < -0.39 is 5.60 Å². The van der Waals surface area contributed by atoms with Gasteiger partial charge in [0.2, 0.25) is 0 Å². The Morgan fingerprint density at radius 3 is 2.65 bits per heavy atom. The predicted molar refractivity (Wildman–Crippen MR) is 86.4 cm³/mol. The number of ether oxygens (including phenoxy) is 1. The molecule has 0 heterocycles. The highest BCUT2D eigenvalue weighted by atomic mass is 32.2. The SMILES string of the molecule is CCSCCCNC(CNC(=O)OC(C)(C)C)C1CC1. The second kappa shape index (κ2) is 8.78. The summed E-state index contributed by atoms with van der Waals surface area (Å²) in [7, 11) is 0. The van der Waals surface area contributed by atoms with Gasteiger partial charge in [-0.25, -0.2) is 4.79 Å². The van der Waals surface area contributed by atoms with Crippen LogP contribution in [0.5, 0.6) is 0 Å². The average molecular weight is 302 g/mol. The minimum absolute atomic E-state index is 0.313. The number of rotatable bonds is 9. The van der Waals surface area contributed by atoms with Crippen molar-refractivity contribution in [1.29, 1.82) is 0 Å². The Kier molecular flexibility index (Phi) is 7.74. The molecule has 4 nitrogen and oxygen atoms in total. The Morgan fingerprint density at radius 1 is 1.40 bits per heavy atom. The van der Waals surface area contributed by atoms with Gasteiger partial charge < -0.3 is 15.4 Å². The van der Waals surface area contributed by atoms with E-state index in [0.29, 0.717) is 12.6 Å². The molecular formula is C15H30N2O2S. The van der Waals surface area contributed by atoms with Crippen LogP contribution >= 0.6 is 11.8 Å². The Balaban J connectivity index is 2.17. The zero-order chi connectivity index (χ0) is 15.0. The van der Waals surface area contributed by atoms with E-state index in [1.54, 1.807) is 0 Å². The lowest BCUT2D eigenvalue weighted by Crippen LogP contribution is -2.44. The second-order valence-electron chi connectivity index (χ2n) is 6.33. The molecule has 0 aromatic carbocycles. The van der Waals surface area contributed by atoms with Crippen LogP contribution in [0.25, 0.3) is 0 Å². The van der Waals surface area contributed by atoms with Gasteiger partial charge >= 0.3 is 6.09 Å². The highest BCUT2D eigenvalue weighted by Gasteiger charge is 2.31. The smallest absolute Gasteiger partial charge is 0.407 e. The molecule has 1 saturated carbocycles. The second-order valence-corrected chi connectivity index (χ2v) is 7.73. The minimum Gasteiger partial charge on any atom is -0.444 e. The van der Waals surface area contributed by atoms with E-state index in [2.05, 4.69) is 17.6 Å². The van der Waals surface area contributed by atoms with E-state index >= 15 is 0 Å². The van der Waals surface area contributed by atoms with Crippen LogP contribution in [0.3, 0.4) is 0 Å². The van der Waals surface area contributed by atoms with E-state index in [1.165, 1.54) is 30.8 Å². The molecule has 0 aromatic rings. The van der Waals surface area contributed by atoms with Gasteiger partial charge in [0.05, 0.1) is 0 Å². The predicted octanol–water partition coefficient (Wildman–Crippen LogP) is 3.02. The third kappa shape index (κ3) is 8.69. The lowest BCUT2D eigenvalue weighted by Gasteiger charge is -2.22. The summed E-state index contributed by atoms with van der Waals surface area (Å²) < 4.78 is 5.26. The van der Waals surface area contributed by atoms with E-state index in [9.17, 15) is 4.79 Å². The number of hydrogen-bond acceptors (Lipinski definition) is 4. The highest BCUT2D eigenvalue weighted by molar-refractivity contribution is 7.99. The number of hydrogen-bond donors (Lipinski definition) is 2. The van der Waals surface area contributed by atoms with Crippen molar-refractivity contribution < 1.29 is 9.53 Å². The van der Waals surface area contributed by atoms with Gasteiger partial charge in [0.15, 0.2) is 0 Å². The minimum atomic E-state index is -0.427. The largest absolute Gasteiger partial charge is 0.444 e. The number of amides is 1. The summed E-state index contributed by atoms with van der Waals surface area (Å²) in [6.07, 6.45) is 3.43. The number of alkyl carbamates (subject to hydrolysis) is 1. The van der Waals surface area contributed by atoms with Gasteiger partial charge in [-0.05, 0) is 64.0 Å². The van der Waals surface area contributed by atoms with Crippen LogP contribution in [-0.4, -0.2) is 42.3 Å². The highest BCUT2D eigenvalue weighted by Crippen LogP contribution is 2.32. The Hall–Kier alpha value is -0.420. The van der Waals surface area contributed by atoms with E-state index in [4.69, 9.17) is 4.74 Å². The van der Waals surface area contributed by atoms with Crippen LogP contribution in [-0.2, 0) is 4.74 Å². The quantitative estimate of drug-likeness (QED) is 0.643. The maximum Gasteiger partial charge on any atom is 0.407 e. The first-order chi connectivity index (χ1) is 9.42. The third-order valence-corrected chi connectivity index (χ3v) is 4.12. The monoisotopic (exact) mass is 302 g/mol. The van der Waals surface area contributed by atoms with Gasteiger partial charge in [-0.3, -0.25) is 0 Å². The number of carbonyl (C=O) groups is 1. The van der Waals surface area contributed by atoms with Crippen molar-refractivity contribution in [3.05, 3.63) is 0 Å². The van der Waals surface area contributed by atoms with E-state index in [1.807, 2.05) is 32.5 Å². The first-order valence-corrected chi connectivity index (χ1v) is 8.86. The topological polar surface area (TPSA) is 50.4 Å². The van der Waals surface area contributed by atoms with Crippen molar-refractivity contribution in [2.75, 3.05) is 24.6 Å². The summed E-state index contributed by atoms with van der Waals surface area (Å²) in [5, 5.41) is 6.46. The molecule has 2 N–H and O–H groups in total. The molecule has 118 valence electrons. The van der Waals surface area contributed by atoms with Crippen LogP contribution in [0.1, 0.15) is 47.0 Å². The van der Waals surface area contributed by atoms with Crippen molar-refractivity contribution in [1.82, 2.24) is 10.6 Å². The number of nitrogens with one attached hydrogen (secondary N) is 2. The summed E-state index contributed by atoms with van der Waals surface area (Å²) in [6, 6.07) is 0.397. The van der Waals surface area contributed by atoms with Crippen molar-refractivity contribution in [3.8, 4) is 0 Å². The van der Waals surface area contributed by atoms with Crippen LogP contribution in [0.2, 0.25) is 0 Å². The van der Waals surface area contributed by atoms with Crippen molar-refractivity contribution >= 4 is 17.9 Å². The zero-order valence-electron chi connectivity index (χ0n) is 13.3. The average Bonchev–Trinajstić information content (AvgIpc) is 3.14. The van der Waals surface area contributed by atoms with Gasteiger partial charge in [-0.15, -0.1) is 0 Å². The molecule has 5 heteroatoms. The lowest BCUT2D eigenvalue weighted by molar-refractivity contribution is 0.0521. The molecule has 0 radical (unpaired) electrons. The molecule has 1 rings (SSSR count). The Bertz CT molecular complexity index is 288. The molecule has 0 spiro atoms. The fourth-order valence-corrected chi connectivity index (χ4v) is 2.65. The Labute approximate surface area is 127 Å². The first-order valence-electron chi connectivity index (χ1n) is 7.70. The van der Waals surface area contributed by atoms with Crippen LogP contribution in [0.4, 0.5) is 4.79 Å². The molecule has 0 aromatic heterocycles. The Morgan fingerprint density at radius 2 is 2.10 bits per heavy atom. The fourth-order valence-electron chi connectivity index (χ4n) is 2.02. The molecule has 1 atom stereocenters. The molecule has 1 amide bonds. The van der Waals surface area contributed by atoms with Crippen molar-refractivity contribution in [3.63, 3.8) is 0 Å². The molecule has 0 saturated heterocycles. The van der Waals surface area contributed by atoms with Gasteiger partial charge in [0.25, 0.3) is 0 Å². The van der Waals surface area contributed by atoms with Crippen LogP contribution in [0, 0.1) is 5.92 Å². The summed E-state index contributed by atoms with van der Waals surface area (Å²) in [4.78, 5) is 11.7. The molecular weight excluding hydrogens is 272 g/mol. The standard InChI is InChI=1S/C15H30N2O2S/c1-5-20-10-6-9-16-13(12-7-8-12)11-17-14(18)19-15(2,3)4/h12-13,16H,5-11H2,1-4H3,(H,17,18). The molecule has 1 unspecified atom stereocenters. The molecule has 1 aliphatic carbocycles. The molecule has 0 aliphatic heterocycles. The van der Waals surface area contributed by atoms with Gasteiger partial charge in [-0.2, -0.15) is 11.8 Å². The molecule has 20 heavy (non-hydrogen) atoms. The number of carbonyl (C=O) groups excluding carboxylic acids is 1. The third-order valence-electron chi connectivity index (χ3n) is 3.13. The molecule has 0 bridgehead atoms. The maximum atomic E-state index is 11.7. The zero-order valence-corrected chi connectivity index (χ0v) is 14.1. The van der Waals surface area contributed by atoms with Crippen molar-refractivity contribution in [2.45, 2.75) is 58.6 Å². The fraction of sp³-hybridized carbons (Fsp3) is 0.933. The van der Waals surface area contributed by atoms with E-state index in [-0.39, 0.29) is 6.09 Å². The normalized spacial score (nSPS) is 16.8. The van der Waals surface area contributed by atoms with Gasteiger partial charge in [0.1, 0.15) is 5.60 Å². The lowest BCUT2D eigenvalue weighted by atomic mass is 10.2. The van der Waals surface area contributed by atoms with Gasteiger partial charge in [0, 0.05) is 12.6 Å². The van der Waals surface area contributed by atoms with Crippen LogP contribution in [0.15, 0.2) is 0 Å². The summed E-state index contributed by atoms with van der Waals surface area (Å²) >= 11 is 1.98. The number of thioether (sulfide) groups is 1. The van der Waals surface area contributed by atoms with E-state index in [0.717, 1.165) is 12.5 Å². The van der Waals surface area contributed by atoms with Crippen LogP contribution < -0.4 is 10.6 Å². The summed E-state index contributed by atoms with van der Waals surface area (Å²) in [5.74, 6) is 3.12. The molecule has 1 fully saturated rings. The first kappa shape index (κ1) is 17.6. The summed E-state index contributed by atoms with van der Waals surface area (Å²) in [6.45, 7) is 9.54. The van der Waals surface area contributed by atoms with Gasteiger partial charge in [-0.1, -0.05) is 6.92 Å². The molecule has 1 aliphatic rings. The maximum absolute atomic E-state index is 11.7.